The average Bonchev–Trinajstić information content (AvgIpc) is 3.39. The van der Waals surface area contributed by atoms with Crippen LogP contribution < -0.4 is 35.8 Å². The lowest BCUT2D eigenvalue weighted by Gasteiger charge is -2.21. The number of hydrogen-bond acceptors (Lipinski definition) is 15. The Morgan fingerprint density at radius 1 is 0.948 bits per heavy atom. The molecule has 2 aromatic heterocycles. The summed E-state index contributed by atoms with van der Waals surface area (Å²) in [4.78, 5) is 82.3. The SMILES string of the molecule is CN(C)c1ccc2cc3ccc(N(C)C)cc3[n+](CCCC(=O)NC/C=C/c3cn([C@@H]4O[C@H](COP(=O)(O)OP(=O)(O)OP(=O)([O-])O)[C@@H](O)[C@H]4O)c(=O)[nH]c3=O)c2c1. The highest BCUT2D eigenvalue weighted by Crippen LogP contribution is 2.65. The predicted octanol–water partition coefficient (Wildman–Crippen LogP) is 0.203. The second-order valence-electron chi connectivity index (χ2n) is 13.5. The maximum atomic E-state index is 12.9. The Morgan fingerprint density at radius 3 is 2.12 bits per heavy atom. The third kappa shape index (κ3) is 11.3. The third-order valence-corrected chi connectivity index (χ3v) is 12.7. The normalized spacial score (nSPS) is 21.5. The number of phosphoric ester groups is 1. The van der Waals surface area contributed by atoms with Crippen molar-refractivity contribution in [3.63, 3.8) is 0 Å². The maximum Gasteiger partial charge on any atom is 0.487 e. The molecule has 0 saturated carbocycles. The van der Waals surface area contributed by atoms with E-state index in [2.05, 4.69) is 65.5 Å². The Bertz CT molecular complexity index is 2400. The molecule has 7 atom stereocenters. The Morgan fingerprint density at radius 2 is 1.55 bits per heavy atom. The van der Waals surface area contributed by atoms with Gasteiger partial charge >= 0.3 is 21.3 Å². The zero-order valence-electron chi connectivity index (χ0n) is 31.5. The minimum Gasteiger partial charge on any atom is -0.756 e. The Hall–Kier alpha value is -4.11. The van der Waals surface area contributed by atoms with Gasteiger partial charge in [-0.05, 0) is 30.3 Å². The molecule has 0 spiro atoms. The fourth-order valence-corrected chi connectivity index (χ4v) is 9.09. The van der Waals surface area contributed by atoms with E-state index < -0.39 is 65.9 Å². The lowest BCUT2D eigenvalue weighted by atomic mass is 10.1. The fourth-order valence-electron chi connectivity index (χ4n) is 6.09. The molecule has 22 nitrogen and oxygen atoms in total. The summed E-state index contributed by atoms with van der Waals surface area (Å²) < 4.78 is 54.2. The number of phosphoric acid groups is 3. The molecule has 0 radical (unpaired) electrons. The molecule has 25 heteroatoms. The molecule has 1 aliphatic heterocycles. The topological polar surface area (TPSA) is 307 Å². The van der Waals surface area contributed by atoms with Gasteiger partial charge in [0, 0.05) is 88.1 Å². The molecule has 1 aliphatic rings. The van der Waals surface area contributed by atoms with Crippen molar-refractivity contribution in [1.29, 1.82) is 0 Å². The van der Waals surface area contributed by atoms with Gasteiger partial charge in [0.1, 0.15) is 24.9 Å². The van der Waals surface area contributed by atoms with Gasteiger partial charge in [0.15, 0.2) is 6.23 Å². The van der Waals surface area contributed by atoms with Crippen molar-refractivity contribution >= 4 is 68.6 Å². The summed E-state index contributed by atoms with van der Waals surface area (Å²) in [5, 5.41) is 25.9. The number of hydrogen-bond donors (Lipinski definition) is 7. The Balaban J connectivity index is 1.20. The van der Waals surface area contributed by atoms with Crippen molar-refractivity contribution < 1.29 is 70.7 Å². The van der Waals surface area contributed by atoms with Crippen LogP contribution in [0.4, 0.5) is 11.4 Å². The third-order valence-electron chi connectivity index (χ3n) is 8.87. The van der Waals surface area contributed by atoms with Crippen LogP contribution in [0.25, 0.3) is 27.9 Å². The molecule has 1 fully saturated rings. The number of nitrogens with zero attached hydrogens (tertiary/aromatic N) is 4. The number of pyridine rings is 1. The second-order valence-corrected chi connectivity index (χ2v) is 17.9. The van der Waals surface area contributed by atoms with Crippen molar-refractivity contribution in [2.75, 3.05) is 51.1 Å². The number of aromatic amines is 1. The number of anilines is 2. The number of aryl methyl sites for hydroxylation is 1. The zero-order valence-corrected chi connectivity index (χ0v) is 34.2. The number of amides is 1. The fraction of sp³-hybridized carbons (Fsp3) is 0.394. The van der Waals surface area contributed by atoms with Crippen LogP contribution in [0.15, 0.2) is 64.3 Å². The Labute approximate surface area is 329 Å². The molecule has 7 N–H and O–H groups in total. The first kappa shape index (κ1) is 45.0. The summed E-state index contributed by atoms with van der Waals surface area (Å²) >= 11 is 0. The van der Waals surface area contributed by atoms with E-state index in [9.17, 15) is 53.0 Å². The van der Waals surface area contributed by atoms with E-state index in [4.69, 9.17) is 9.63 Å². The van der Waals surface area contributed by atoms with E-state index in [1.807, 2.05) is 43.0 Å². The first-order valence-electron chi connectivity index (χ1n) is 17.4. The number of nitrogens with one attached hydrogen (secondary N) is 2. The van der Waals surface area contributed by atoms with Gasteiger partial charge in [0.05, 0.1) is 12.2 Å². The van der Waals surface area contributed by atoms with Crippen LogP contribution in [0, 0.1) is 0 Å². The molecule has 0 aliphatic carbocycles. The van der Waals surface area contributed by atoms with Crippen LogP contribution in [-0.2, 0) is 42.9 Å². The van der Waals surface area contributed by atoms with Crippen molar-refractivity contribution in [2.45, 2.75) is 43.9 Å². The highest BCUT2D eigenvalue weighted by atomic mass is 31.3. The van der Waals surface area contributed by atoms with Gasteiger partial charge in [-0.15, -0.1) is 0 Å². The summed E-state index contributed by atoms with van der Waals surface area (Å²) in [6, 6.07) is 14.6. The second kappa shape index (κ2) is 18.0. The molecular weight excluding hydrogens is 829 g/mol. The minimum atomic E-state index is -5.89. The summed E-state index contributed by atoms with van der Waals surface area (Å²) in [7, 11) is -9.53. The number of benzene rings is 2. The van der Waals surface area contributed by atoms with Gasteiger partial charge in [-0.25, -0.2) is 18.2 Å². The smallest absolute Gasteiger partial charge is 0.487 e. The molecule has 5 rings (SSSR count). The number of H-pyrrole nitrogens is 1. The molecule has 316 valence electrons. The lowest BCUT2D eigenvalue weighted by molar-refractivity contribution is -0.645. The molecule has 0 bridgehead atoms. The van der Waals surface area contributed by atoms with Gasteiger partial charge in [0.25, 0.3) is 13.4 Å². The monoisotopic (exact) mass is 872 g/mol. The van der Waals surface area contributed by atoms with Crippen molar-refractivity contribution in [3.05, 3.63) is 81.1 Å². The number of carbonyl (C=O) groups is 1. The number of rotatable bonds is 17. The quantitative estimate of drug-likeness (QED) is 0.0423. The zero-order chi connectivity index (χ0) is 42.7. The van der Waals surface area contributed by atoms with Gasteiger partial charge in [-0.1, -0.05) is 12.2 Å². The van der Waals surface area contributed by atoms with Crippen LogP contribution in [0.3, 0.4) is 0 Å². The number of aliphatic hydroxyl groups is 2. The van der Waals surface area contributed by atoms with Gasteiger partial charge in [-0.3, -0.25) is 28.2 Å². The number of aliphatic hydroxyl groups excluding tert-OH is 2. The minimum absolute atomic E-state index is 0.000577. The molecular formula is C33H43N6O16P3. The summed E-state index contributed by atoms with van der Waals surface area (Å²) in [5.41, 5.74) is 2.05. The first-order chi connectivity index (χ1) is 27.0. The summed E-state index contributed by atoms with van der Waals surface area (Å²) in [6.45, 7) is -0.587. The van der Waals surface area contributed by atoms with Crippen molar-refractivity contribution in [3.8, 4) is 0 Å². The van der Waals surface area contributed by atoms with E-state index in [-0.39, 0.29) is 24.4 Å². The number of fused-ring (bicyclic) bond motifs is 2. The maximum absolute atomic E-state index is 12.9. The van der Waals surface area contributed by atoms with Gasteiger partial charge in [-0.2, -0.15) is 8.88 Å². The number of ether oxygens (including phenoxy) is 1. The van der Waals surface area contributed by atoms with E-state index in [1.54, 1.807) is 0 Å². The number of aromatic nitrogens is 3. The van der Waals surface area contributed by atoms with E-state index in [0.717, 1.165) is 39.4 Å². The largest absolute Gasteiger partial charge is 0.756 e. The van der Waals surface area contributed by atoms with Crippen molar-refractivity contribution in [1.82, 2.24) is 14.9 Å². The standard InChI is InChI=1S/C33H43N6O16P3/c1-36(2)23-11-9-20-15-21-10-12-24(37(3)4)17-26(21)38(25(20)16-23)14-6-8-28(40)34-13-5-7-22-18-39(33(44)35-31(22)43)32-30(42)29(41)27(53-32)19-52-57(48,49)55-58(50,51)54-56(45,46)47/h5,7,9-12,15-18,27,29-30,32,41-42H,6,8,13-14,19H2,1-4H3,(H5-,34,35,40,43,44,45,46,47,48,49,50,51)/b7-5+/t27-,29-,30-,32-/m1/s1. The first-order valence-corrected chi connectivity index (χ1v) is 21.8. The molecule has 58 heavy (non-hydrogen) atoms. The number of carbonyl (C=O) groups excluding carboxylic acids is 1. The van der Waals surface area contributed by atoms with Crippen molar-refractivity contribution in [2.24, 2.45) is 0 Å². The summed E-state index contributed by atoms with van der Waals surface area (Å²) in [6.07, 6.45) is -2.77. The molecule has 3 heterocycles. The van der Waals surface area contributed by atoms with E-state index >= 15 is 0 Å². The average molecular weight is 873 g/mol. The van der Waals surface area contributed by atoms with E-state index in [0.29, 0.717) is 17.5 Å². The van der Waals surface area contributed by atoms with Crippen LogP contribution >= 0.6 is 23.5 Å². The molecule has 4 aromatic rings. The van der Waals surface area contributed by atoms with E-state index in [1.165, 1.54) is 12.2 Å². The predicted molar refractivity (Wildman–Crippen MR) is 206 cm³/mol. The van der Waals surface area contributed by atoms with Gasteiger partial charge < -0.3 is 49.6 Å². The van der Waals surface area contributed by atoms with Crippen LogP contribution in [0.5, 0.6) is 0 Å². The molecule has 2 aromatic carbocycles. The molecule has 1 amide bonds. The summed E-state index contributed by atoms with van der Waals surface area (Å²) in [5.74, 6) is -0.257. The lowest BCUT2D eigenvalue weighted by Crippen LogP contribution is -2.38. The van der Waals surface area contributed by atoms with Crippen LogP contribution in [0.1, 0.15) is 24.6 Å². The highest BCUT2D eigenvalue weighted by molar-refractivity contribution is 7.66. The van der Waals surface area contributed by atoms with Gasteiger partial charge in [0.2, 0.25) is 16.9 Å². The Kier molecular flexibility index (Phi) is 14.0. The van der Waals surface area contributed by atoms with Crippen LogP contribution in [0.2, 0.25) is 0 Å². The highest BCUT2D eigenvalue weighted by Gasteiger charge is 2.46. The molecule has 1 saturated heterocycles. The molecule has 3 unspecified atom stereocenters. The van der Waals surface area contributed by atoms with Crippen LogP contribution in [-0.4, -0.2) is 100 Å².